The summed E-state index contributed by atoms with van der Waals surface area (Å²) >= 11 is 9.94. The number of fused-ring (bicyclic) bond motifs is 1. The molecule has 0 atom stereocenters. The van der Waals surface area contributed by atoms with E-state index >= 15 is 0 Å². The summed E-state index contributed by atoms with van der Waals surface area (Å²) in [5, 5.41) is 0.816. The Morgan fingerprint density at radius 1 is 1.25 bits per heavy atom. The number of anilines is 1. The van der Waals surface area contributed by atoms with E-state index in [1.165, 1.54) is 11.1 Å². The summed E-state index contributed by atoms with van der Waals surface area (Å²) in [6, 6.07) is 3.96. The lowest BCUT2D eigenvalue weighted by atomic mass is 10.00. The Kier molecular flexibility index (Phi) is 3.69. The molecule has 0 bridgehead atoms. The molecule has 1 aromatic carbocycles. The van der Waals surface area contributed by atoms with Crippen molar-refractivity contribution in [2.75, 3.05) is 11.4 Å². The lowest BCUT2D eigenvalue weighted by Crippen LogP contribution is -2.32. The zero-order valence-electron chi connectivity index (χ0n) is 11.5. The fraction of sp³-hybridized carbons (Fsp3) is 0.333. The summed E-state index contributed by atoms with van der Waals surface area (Å²) in [6.45, 7) is 5.71. The maximum absolute atomic E-state index is 6.34. The van der Waals surface area contributed by atoms with E-state index in [0.717, 1.165) is 46.2 Å². The van der Waals surface area contributed by atoms with E-state index in [4.69, 9.17) is 11.6 Å². The predicted octanol–water partition coefficient (Wildman–Crippen LogP) is 4.07. The Morgan fingerprint density at radius 2 is 2.05 bits per heavy atom. The van der Waals surface area contributed by atoms with Crippen molar-refractivity contribution < 1.29 is 0 Å². The third-order valence-electron chi connectivity index (χ3n) is 3.79. The summed E-state index contributed by atoms with van der Waals surface area (Å²) in [4.78, 5) is 11.2. The van der Waals surface area contributed by atoms with Crippen LogP contribution in [0.1, 0.15) is 22.4 Å². The lowest BCUT2D eigenvalue weighted by Gasteiger charge is -2.30. The maximum Gasteiger partial charge on any atom is 0.225 e. The van der Waals surface area contributed by atoms with Crippen LogP contribution in [0.15, 0.2) is 22.8 Å². The fourth-order valence-corrected chi connectivity index (χ4v) is 3.24. The van der Waals surface area contributed by atoms with Crippen molar-refractivity contribution in [1.29, 1.82) is 0 Å². The maximum atomic E-state index is 6.34. The van der Waals surface area contributed by atoms with E-state index in [2.05, 4.69) is 30.8 Å². The molecule has 0 aliphatic carbocycles. The molecule has 0 saturated heterocycles. The fourth-order valence-electron chi connectivity index (χ4n) is 2.43. The minimum Gasteiger partial charge on any atom is -0.336 e. The molecule has 2 aromatic rings. The molecule has 3 nitrogen and oxygen atoms in total. The third-order valence-corrected chi connectivity index (χ3v) is 4.89. The van der Waals surface area contributed by atoms with Gasteiger partial charge in [-0.25, -0.2) is 9.97 Å². The van der Waals surface area contributed by atoms with E-state index in [9.17, 15) is 0 Å². The van der Waals surface area contributed by atoms with Crippen molar-refractivity contribution in [3.8, 4) is 0 Å². The molecule has 2 heterocycles. The second kappa shape index (κ2) is 5.34. The number of nitrogens with zero attached hydrogens (tertiary/aromatic N) is 3. The van der Waals surface area contributed by atoms with Crippen LogP contribution in [0, 0.1) is 13.8 Å². The van der Waals surface area contributed by atoms with Crippen LogP contribution < -0.4 is 4.90 Å². The van der Waals surface area contributed by atoms with Gasteiger partial charge >= 0.3 is 0 Å². The highest BCUT2D eigenvalue weighted by Gasteiger charge is 2.22. The van der Waals surface area contributed by atoms with Gasteiger partial charge in [0.2, 0.25) is 5.95 Å². The van der Waals surface area contributed by atoms with Gasteiger partial charge in [-0.15, -0.1) is 0 Å². The third kappa shape index (κ3) is 2.42. The molecule has 0 fully saturated rings. The first-order valence-electron chi connectivity index (χ1n) is 6.57. The van der Waals surface area contributed by atoms with Gasteiger partial charge in [-0.05, 0) is 49.1 Å². The van der Waals surface area contributed by atoms with Crippen LogP contribution in [0.2, 0.25) is 5.02 Å². The van der Waals surface area contributed by atoms with Crippen LogP contribution in [0.4, 0.5) is 5.95 Å². The van der Waals surface area contributed by atoms with Crippen molar-refractivity contribution in [2.45, 2.75) is 26.8 Å². The molecule has 1 aliphatic heterocycles. The van der Waals surface area contributed by atoms with E-state index in [0.29, 0.717) is 0 Å². The minimum absolute atomic E-state index is 0.760. The van der Waals surface area contributed by atoms with Crippen LogP contribution in [-0.4, -0.2) is 16.5 Å². The van der Waals surface area contributed by atoms with Gasteiger partial charge in [-0.2, -0.15) is 0 Å². The van der Waals surface area contributed by atoms with E-state index in [1.54, 1.807) is 0 Å². The Labute approximate surface area is 132 Å². The number of aryl methyl sites for hydroxylation is 2. The number of aromatic nitrogens is 2. The Balaban J connectivity index is 1.96. The molecule has 0 saturated carbocycles. The molecule has 5 heteroatoms. The molecule has 3 rings (SSSR count). The first-order chi connectivity index (χ1) is 9.56. The summed E-state index contributed by atoms with van der Waals surface area (Å²) in [5.74, 6) is 0.787. The molecule has 0 N–H and O–H groups in total. The van der Waals surface area contributed by atoms with E-state index in [-0.39, 0.29) is 0 Å². The summed E-state index contributed by atoms with van der Waals surface area (Å²) < 4.78 is 1.14. The smallest absolute Gasteiger partial charge is 0.225 e. The zero-order valence-corrected chi connectivity index (χ0v) is 13.8. The van der Waals surface area contributed by atoms with E-state index in [1.807, 2.05) is 32.2 Å². The normalized spacial score (nSPS) is 14.3. The quantitative estimate of drug-likeness (QED) is 0.774. The van der Waals surface area contributed by atoms with Gasteiger partial charge < -0.3 is 4.90 Å². The lowest BCUT2D eigenvalue weighted by molar-refractivity contribution is 0.703. The summed E-state index contributed by atoms with van der Waals surface area (Å²) in [5.41, 5.74) is 4.62. The average molecular weight is 353 g/mol. The minimum atomic E-state index is 0.760. The molecular formula is C15H15BrClN3. The number of hydrogen-bond donors (Lipinski definition) is 0. The first kappa shape index (κ1) is 13.8. The molecule has 0 radical (unpaired) electrons. The molecule has 104 valence electrons. The molecule has 0 spiro atoms. The van der Waals surface area contributed by atoms with Gasteiger partial charge in [0.1, 0.15) is 0 Å². The van der Waals surface area contributed by atoms with Crippen LogP contribution in [0.3, 0.4) is 0 Å². The Hall–Kier alpha value is -1.13. The number of rotatable bonds is 1. The van der Waals surface area contributed by atoms with Crippen molar-refractivity contribution in [2.24, 2.45) is 0 Å². The first-order valence-corrected chi connectivity index (χ1v) is 7.74. The van der Waals surface area contributed by atoms with Crippen LogP contribution in [0.5, 0.6) is 0 Å². The predicted molar refractivity (Wildman–Crippen MR) is 85.4 cm³/mol. The van der Waals surface area contributed by atoms with Crippen LogP contribution in [-0.2, 0) is 13.0 Å². The monoisotopic (exact) mass is 351 g/mol. The number of benzene rings is 1. The van der Waals surface area contributed by atoms with Crippen molar-refractivity contribution in [1.82, 2.24) is 9.97 Å². The molecule has 0 amide bonds. The van der Waals surface area contributed by atoms with Gasteiger partial charge in [-0.3, -0.25) is 0 Å². The molecule has 0 unspecified atom stereocenters. The van der Waals surface area contributed by atoms with Crippen LogP contribution >= 0.6 is 27.5 Å². The highest BCUT2D eigenvalue weighted by molar-refractivity contribution is 9.10. The number of hydrogen-bond acceptors (Lipinski definition) is 3. The number of halogens is 2. The molecule has 1 aliphatic rings. The van der Waals surface area contributed by atoms with Gasteiger partial charge in [0, 0.05) is 34.5 Å². The second-order valence-corrected chi connectivity index (χ2v) is 6.36. The van der Waals surface area contributed by atoms with Crippen molar-refractivity contribution in [3.63, 3.8) is 0 Å². The van der Waals surface area contributed by atoms with E-state index < -0.39 is 0 Å². The molecule has 20 heavy (non-hydrogen) atoms. The van der Waals surface area contributed by atoms with Crippen molar-refractivity contribution >= 4 is 33.5 Å². The van der Waals surface area contributed by atoms with Gasteiger partial charge in [0.25, 0.3) is 0 Å². The SMILES string of the molecule is Cc1cnc(N2CCc3c(Br)ccc(Cl)c3C2)nc1C. The Bertz CT molecular complexity index is 672. The van der Waals surface area contributed by atoms with Gasteiger partial charge in [-0.1, -0.05) is 27.5 Å². The summed E-state index contributed by atoms with van der Waals surface area (Å²) in [6.07, 6.45) is 2.84. The van der Waals surface area contributed by atoms with Crippen molar-refractivity contribution in [3.05, 3.63) is 50.2 Å². The molecule has 1 aromatic heterocycles. The second-order valence-electron chi connectivity index (χ2n) is 5.10. The zero-order chi connectivity index (χ0) is 14.3. The largest absolute Gasteiger partial charge is 0.336 e. The van der Waals surface area contributed by atoms with Gasteiger partial charge in [0.15, 0.2) is 0 Å². The standard InChI is InChI=1S/C15H15BrClN3/c1-9-7-18-15(19-10(9)2)20-6-5-11-12(8-20)14(17)4-3-13(11)16/h3-4,7H,5-6,8H2,1-2H3. The topological polar surface area (TPSA) is 29.0 Å². The molecular weight excluding hydrogens is 338 g/mol. The summed E-state index contributed by atoms with van der Waals surface area (Å²) in [7, 11) is 0. The van der Waals surface area contributed by atoms with Crippen LogP contribution in [0.25, 0.3) is 0 Å². The highest BCUT2D eigenvalue weighted by Crippen LogP contribution is 2.32. The van der Waals surface area contributed by atoms with Gasteiger partial charge in [0.05, 0.1) is 0 Å². The Morgan fingerprint density at radius 3 is 2.80 bits per heavy atom. The average Bonchev–Trinajstić information content (AvgIpc) is 2.46. The highest BCUT2D eigenvalue weighted by atomic mass is 79.9.